The van der Waals surface area contributed by atoms with Gasteiger partial charge in [0, 0.05) is 18.6 Å². The standard InChI is InChI=1S/C16H24N2O/c1-18(10-11-3-4-11)15-8-6-12-5-7-13(19-2)9-14(12)16(15)17/h5,7,9,11,15-16H,3-4,6,8,10,17H2,1-2H3. The highest BCUT2D eigenvalue weighted by molar-refractivity contribution is 5.40. The molecule has 3 rings (SSSR count). The maximum Gasteiger partial charge on any atom is 0.119 e. The Hall–Kier alpha value is -1.06. The predicted octanol–water partition coefficient (Wildman–Crippen LogP) is 2.35. The van der Waals surface area contributed by atoms with Crippen molar-refractivity contribution in [1.82, 2.24) is 4.90 Å². The van der Waals surface area contributed by atoms with Gasteiger partial charge >= 0.3 is 0 Å². The Balaban J connectivity index is 1.79. The molecule has 0 heterocycles. The number of nitrogens with two attached hydrogens (primary N) is 1. The van der Waals surface area contributed by atoms with E-state index in [1.165, 1.54) is 36.9 Å². The molecule has 104 valence electrons. The molecule has 3 heteroatoms. The molecule has 1 saturated carbocycles. The van der Waals surface area contributed by atoms with Crippen molar-refractivity contribution in [2.45, 2.75) is 37.8 Å². The van der Waals surface area contributed by atoms with Crippen LogP contribution in [-0.4, -0.2) is 31.6 Å². The first-order valence-corrected chi connectivity index (χ1v) is 7.31. The van der Waals surface area contributed by atoms with E-state index in [4.69, 9.17) is 10.5 Å². The fraction of sp³-hybridized carbons (Fsp3) is 0.625. The van der Waals surface area contributed by atoms with Crippen molar-refractivity contribution in [2.75, 3.05) is 20.7 Å². The minimum Gasteiger partial charge on any atom is -0.497 e. The van der Waals surface area contributed by atoms with Crippen LogP contribution >= 0.6 is 0 Å². The second kappa shape index (κ2) is 5.14. The monoisotopic (exact) mass is 260 g/mol. The Morgan fingerprint density at radius 2 is 2.11 bits per heavy atom. The number of methoxy groups -OCH3 is 1. The molecular formula is C16H24N2O. The topological polar surface area (TPSA) is 38.5 Å². The van der Waals surface area contributed by atoms with Gasteiger partial charge in [-0.25, -0.2) is 0 Å². The number of rotatable bonds is 4. The largest absolute Gasteiger partial charge is 0.497 e. The number of ether oxygens (including phenoxy) is 1. The van der Waals surface area contributed by atoms with Gasteiger partial charge in [-0.3, -0.25) is 0 Å². The van der Waals surface area contributed by atoms with Crippen molar-refractivity contribution in [3.05, 3.63) is 29.3 Å². The van der Waals surface area contributed by atoms with Crippen LogP contribution in [0.15, 0.2) is 18.2 Å². The number of hydrogen-bond acceptors (Lipinski definition) is 3. The third-order valence-corrected chi connectivity index (χ3v) is 4.65. The summed E-state index contributed by atoms with van der Waals surface area (Å²) in [5.41, 5.74) is 9.18. The molecule has 2 aliphatic carbocycles. The minimum absolute atomic E-state index is 0.114. The summed E-state index contributed by atoms with van der Waals surface area (Å²) >= 11 is 0. The molecule has 2 unspecified atom stereocenters. The zero-order valence-corrected chi connectivity index (χ0v) is 11.9. The highest BCUT2D eigenvalue weighted by Gasteiger charge is 2.32. The lowest BCUT2D eigenvalue weighted by molar-refractivity contribution is 0.185. The van der Waals surface area contributed by atoms with Gasteiger partial charge in [-0.15, -0.1) is 0 Å². The van der Waals surface area contributed by atoms with Gasteiger partial charge in [0.2, 0.25) is 0 Å². The third kappa shape index (κ3) is 2.63. The first-order valence-electron chi connectivity index (χ1n) is 7.31. The van der Waals surface area contributed by atoms with E-state index < -0.39 is 0 Å². The van der Waals surface area contributed by atoms with E-state index in [1.807, 2.05) is 6.07 Å². The number of likely N-dealkylation sites (N-methyl/N-ethyl adjacent to an activating group) is 1. The van der Waals surface area contributed by atoms with E-state index in [2.05, 4.69) is 24.1 Å². The Labute approximate surface area is 115 Å². The highest BCUT2D eigenvalue weighted by atomic mass is 16.5. The molecule has 19 heavy (non-hydrogen) atoms. The predicted molar refractivity (Wildman–Crippen MR) is 77.4 cm³/mol. The summed E-state index contributed by atoms with van der Waals surface area (Å²) < 4.78 is 5.33. The van der Waals surface area contributed by atoms with Crippen LogP contribution in [0.2, 0.25) is 0 Å². The van der Waals surface area contributed by atoms with Gasteiger partial charge in [0.1, 0.15) is 5.75 Å². The van der Waals surface area contributed by atoms with Crippen molar-refractivity contribution in [3.8, 4) is 5.75 Å². The van der Waals surface area contributed by atoms with E-state index in [9.17, 15) is 0 Å². The molecule has 0 amide bonds. The average Bonchev–Trinajstić information content (AvgIpc) is 3.22. The van der Waals surface area contributed by atoms with Crippen molar-refractivity contribution >= 4 is 0 Å². The molecular weight excluding hydrogens is 236 g/mol. The zero-order chi connectivity index (χ0) is 13.4. The summed E-state index contributed by atoms with van der Waals surface area (Å²) in [5.74, 6) is 1.84. The second-order valence-corrected chi connectivity index (χ2v) is 6.08. The molecule has 1 aromatic carbocycles. The quantitative estimate of drug-likeness (QED) is 0.903. The average molecular weight is 260 g/mol. The van der Waals surface area contributed by atoms with Gasteiger partial charge < -0.3 is 15.4 Å². The van der Waals surface area contributed by atoms with Crippen LogP contribution in [0.5, 0.6) is 5.75 Å². The number of benzene rings is 1. The zero-order valence-electron chi connectivity index (χ0n) is 11.9. The number of aryl methyl sites for hydroxylation is 1. The molecule has 0 radical (unpaired) electrons. The molecule has 1 fully saturated rings. The van der Waals surface area contributed by atoms with Crippen LogP contribution in [0.3, 0.4) is 0 Å². The maximum atomic E-state index is 6.51. The Bertz CT molecular complexity index is 456. The summed E-state index contributed by atoms with van der Waals surface area (Å²) in [6, 6.07) is 6.92. The molecule has 0 saturated heterocycles. The van der Waals surface area contributed by atoms with E-state index in [0.29, 0.717) is 6.04 Å². The fourth-order valence-corrected chi connectivity index (χ4v) is 3.27. The lowest BCUT2D eigenvalue weighted by atomic mass is 9.83. The molecule has 0 aromatic heterocycles. The lowest BCUT2D eigenvalue weighted by Crippen LogP contribution is -2.44. The molecule has 0 aliphatic heterocycles. The lowest BCUT2D eigenvalue weighted by Gasteiger charge is -2.37. The smallest absolute Gasteiger partial charge is 0.119 e. The Morgan fingerprint density at radius 3 is 2.79 bits per heavy atom. The summed E-state index contributed by atoms with van der Waals surface area (Å²) in [4.78, 5) is 2.48. The third-order valence-electron chi connectivity index (χ3n) is 4.65. The molecule has 3 nitrogen and oxygen atoms in total. The highest BCUT2D eigenvalue weighted by Crippen LogP contribution is 2.36. The first-order chi connectivity index (χ1) is 9.19. The van der Waals surface area contributed by atoms with Crippen LogP contribution in [0.25, 0.3) is 0 Å². The number of fused-ring (bicyclic) bond motifs is 1. The van der Waals surface area contributed by atoms with Crippen molar-refractivity contribution in [1.29, 1.82) is 0 Å². The molecule has 2 atom stereocenters. The second-order valence-electron chi connectivity index (χ2n) is 6.08. The molecule has 1 aromatic rings. The van der Waals surface area contributed by atoms with Gasteiger partial charge in [-0.05, 0) is 61.9 Å². The molecule has 2 aliphatic rings. The summed E-state index contributed by atoms with van der Waals surface area (Å²) in [7, 11) is 3.95. The number of hydrogen-bond donors (Lipinski definition) is 1. The summed E-state index contributed by atoms with van der Waals surface area (Å²) in [6.07, 6.45) is 5.10. The van der Waals surface area contributed by atoms with Gasteiger partial charge in [0.15, 0.2) is 0 Å². The normalized spacial score (nSPS) is 26.3. The van der Waals surface area contributed by atoms with Crippen LogP contribution in [0.1, 0.15) is 36.4 Å². The Morgan fingerprint density at radius 1 is 1.32 bits per heavy atom. The SMILES string of the molecule is COc1ccc2c(c1)C(N)C(N(C)CC1CC1)CC2. The number of nitrogens with zero attached hydrogens (tertiary/aromatic N) is 1. The van der Waals surface area contributed by atoms with Crippen molar-refractivity contribution in [3.63, 3.8) is 0 Å². The summed E-state index contributed by atoms with van der Waals surface area (Å²) in [6.45, 7) is 1.21. The van der Waals surface area contributed by atoms with Crippen molar-refractivity contribution < 1.29 is 4.74 Å². The van der Waals surface area contributed by atoms with Gasteiger partial charge in [-0.2, -0.15) is 0 Å². The molecule has 0 spiro atoms. The van der Waals surface area contributed by atoms with Crippen LogP contribution in [-0.2, 0) is 6.42 Å². The van der Waals surface area contributed by atoms with Gasteiger partial charge in [0.25, 0.3) is 0 Å². The van der Waals surface area contributed by atoms with Crippen LogP contribution in [0, 0.1) is 5.92 Å². The molecule has 2 N–H and O–H groups in total. The van der Waals surface area contributed by atoms with Gasteiger partial charge in [0.05, 0.1) is 7.11 Å². The first kappa shape index (κ1) is 12.9. The summed E-state index contributed by atoms with van der Waals surface area (Å²) in [5, 5.41) is 0. The fourth-order valence-electron chi connectivity index (χ4n) is 3.27. The molecule has 0 bridgehead atoms. The van der Waals surface area contributed by atoms with Gasteiger partial charge in [-0.1, -0.05) is 6.07 Å². The van der Waals surface area contributed by atoms with Crippen molar-refractivity contribution in [2.24, 2.45) is 11.7 Å². The van der Waals surface area contributed by atoms with E-state index in [1.54, 1.807) is 7.11 Å². The van der Waals surface area contributed by atoms with E-state index in [-0.39, 0.29) is 6.04 Å². The van der Waals surface area contributed by atoms with E-state index in [0.717, 1.165) is 18.1 Å². The van der Waals surface area contributed by atoms with Crippen LogP contribution in [0.4, 0.5) is 0 Å². The van der Waals surface area contributed by atoms with E-state index >= 15 is 0 Å². The minimum atomic E-state index is 0.114. The maximum absolute atomic E-state index is 6.51. The Kier molecular flexibility index (Phi) is 3.50. The van der Waals surface area contributed by atoms with Crippen LogP contribution < -0.4 is 10.5 Å².